The highest BCUT2D eigenvalue weighted by atomic mass is 19.4. The van der Waals surface area contributed by atoms with Gasteiger partial charge in [-0.05, 0) is 61.8 Å². The lowest BCUT2D eigenvalue weighted by Crippen LogP contribution is -2.58. The summed E-state index contributed by atoms with van der Waals surface area (Å²) in [4.78, 5) is 42.2. The number of fused-ring (bicyclic) bond motifs is 1. The van der Waals surface area contributed by atoms with Gasteiger partial charge in [0, 0.05) is 44.5 Å². The molecular formula is C33H39F3N4O4. The normalized spacial score (nSPS) is 25.5. The van der Waals surface area contributed by atoms with Gasteiger partial charge in [-0.25, -0.2) is 0 Å². The van der Waals surface area contributed by atoms with Gasteiger partial charge in [-0.2, -0.15) is 13.2 Å². The van der Waals surface area contributed by atoms with Crippen molar-refractivity contribution in [3.05, 3.63) is 77.9 Å². The van der Waals surface area contributed by atoms with Crippen LogP contribution in [-0.2, 0) is 31.7 Å². The Morgan fingerprint density at radius 2 is 1.80 bits per heavy atom. The Labute approximate surface area is 255 Å². The summed E-state index contributed by atoms with van der Waals surface area (Å²) in [5, 5.41) is 8.88. The van der Waals surface area contributed by atoms with E-state index in [0.717, 1.165) is 17.7 Å². The smallest absolute Gasteiger partial charge is 0.381 e. The number of nitrogens with one attached hydrogen (secondary N) is 3. The summed E-state index contributed by atoms with van der Waals surface area (Å²) in [6, 6.07) is 13.3. The summed E-state index contributed by atoms with van der Waals surface area (Å²) in [6.07, 6.45) is 2.90. The van der Waals surface area contributed by atoms with Crippen molar-refractivity contribution in [2.45, 2.75) is 56.8 Å². The van der Waals surface area contributed by atoms with Crippen molar-refractivity contribution in [3.63, 3.8) is 0 Å². The van der Waals surface area contributed by atoms with Gasteiger partial charge in [0.15, 0.2) is 0 Å². The van der Waals surface area contributed by atoms with Crippen LogP contribution in [-0.4, -0.2) is 67.6 Å². The molecule has 236 valence electrons. The van der Waals surface area contributed by atoms with E-state index in [9.17, 15) is 27.6 Å². The van der Waals surface area contributed by atoms with E-state index in [-0.39, 0.29) is 36.0 Å². The van der Waals surface area contributed by atoms with Crippen LogP contribution in [0.4, 0.5) is 18.9 Å². The third-order valence-corrected chi connectivity index (χ3v) is 8.94. The van der Waals surface area contributed by atoms with Crippen LogP contribution in [0, 0.1) is 11.3 Å². The molecule has 0 bridgehead atoms. The molecular weight excluding hydrogens is 573 g/mol. The maximum Gasteiger partial charge on any atom is 0.416 e. The Kier molecular flexibility index (Phi) is 10.1. The van der Waals surface area contributed by atoms with Crippen LogP contribution >= 0.6 is 0 Å². The molecule has 3 atom stereocenters. The van der Waals surface area contributed by atoms with Crippen LogP contribution in [0.15, 0.2) is 66.7 Å². The Hall–Kier alpha value is -3.70. The maximum absolute atomic E-state index is 13.7. The van der Waals surface area contributed by atoms with Crippen molar-refractivity contribution in [2.24, 2.45) is 11.3 Å². The number of amides is 3. The van der Waals surface area contributed by atoms with Crippen LogP contribution in [0.5, 0.6) is 0 Å². The van der Waals surface area contributed by atoms with Crippen LogP contribution < -0.4 is 16.0 Å². The number of piperidine rings is 1. The van der Waals surface area contributed by atoms with Crippen molar-refractivity contribution in [2.75, 3.05) is 38.2 Å². The molecule has 3 aliphatic heterocycles. The van der Waals surface area contributed by atoms with Gasteiger partial charge < -0.3 is 20.7 Å². The molecule has 0 radical (unpaired) electrons. The van der Waals surface area contributed by atoms with E-state index in [1.807, 2.05) is 35.2 Å². The standard InChI is InChI=1S/C33H39F3N4O4/c34-33(35,36)25-10-6-11-26(20-25)37-29(41)22-40-16-12-27-24(21-40)9-4-5-13-32(14-17-44-18-15-32)31(43)39-28(30(42)38-27)19-23-7-2-1-3-8-23/h1-8,10-11,20,24,27-28H,9,12-19,21-22H2,(H,37,41)(H,38,42)(H,39,43)/b5-4+/t24-,27-,28-/m0/s1. The highest BCUT2D eigenvalue weighted by Crippen LogP contribution is 2.36. The number of nitrogens with zero attached hydrogens (tertiary/aromatic N) is 1. The molecule has 1 spiro atoms. The molecule has 3 amide bonds. The third-order valence-electron chi connectivity index (χ3n) is 8.94. The number of carbonyl (C=O) groups excluding carboxylic acids is 3. The number of halogens is 3. The maximum atomic E-state index is 13.7. The van der Waals surface area contributed by atoms with E-state index in [4.69, 9.17) is 4.74 Å². The first-order valence-corrected chi connectivity index (χ1v) is 15.2. The Balaban J connectivity index is 1.30. The molecule has 3 heterocycles. The molecule has 0 aliphatic carbocycles. The summed E-state index contributed by atoms with van der Waals surface area (Å²) in [7, 11) is 0. The zero-order chi connectivity index (χ0) is 31.2. The van der Waals surface area contributed by atoms with Gasteiger partial charge in [-0.15, -0.1) is 0 Å². The average Bonchev–Trinajstić information content (AvgIpc) is 3.00. The van der Waals surface area contributed by atoms with Crippen LogP contribution in [0.3, 0.4) is 0 Å². The van der Waals surface area contributed by atoms with Gasteiger partial charge >= 0.3 is 6.18 Å². The summed E-state index contributed by atoms with van der Waals surface area (Å²) < 4.78 is 44.9. The number of rotatable bonds is 5. The molecule has 2 saturated heterocycles. The van der Waals surface area contributed by atoms with Crippen molar-refractivity contribution in [1.29, 1.82) is 0 Å². The average molecular weight is 613 g/mol. The monoisotopic (exact) mass is 612 g/mol. The number of hydrogen-bond acceptors (Lipinski definition) is 5. The van der Waals surface area contributed by atoms with Crippen molar-refractivity contribution in [1.82, 2.24) is 15.5 Å². The van der Waals surface area contributed by atoms with E-state index in [0.29, 0.717) is 64.8 Å². The van der Waals surface area contributed by atoms with E-state index in [1.165, 1.54) is 12.1 Å². The number of ether oxygens (including phenoxy) is 1. The van der Waals surface area contributed by atoms with Gasteiger partial charge in [-0.3, -0.25) is 19.3 Å². The Bertz CT molecular complexity index is 1340. The van der Waals surface area contributed by atoms with Crippen LogP contribution in [0.1, 0.15) is 43.2 Å². The van der Waals surface area contributed by atoms with Crippen LogP contribution in [0.2, 0.25) is 0 Å². The third kappa shape index (κ3) is 8.06. The van der Waals surface area contributed by atoms with Gasteiger partial charge in [0.1, 0.15) is 6.04 Å². The molecule has 0 aromatic heterocycles. The summed E-state index contributed by atoms with van der Waals surface area (Å²) in [6.45, 7) is 2.05. The summed E-state index contributed by atoms with van der Waals surface area (Å²) in [5.74, 6) is -0.758. The highest BCUT2D eigenvalue weighted by molar-refractivity contribution is 5.92. The molecule has 2 fully saturated rings. The molecule has 44 heavy (non-hydrogen) atoms. The lowest BCUT2D eigenvalue weighted by molar-refractivity contribution is -0.140. The first-order valence-electron chi connectivity index (χ1n) is 15.2. The molecule has 11 heteroatoms. The van der Waals surface area contributed by atoms with Crippen molar-refractivity contribution >= 4 is 23.4 Å². The number of anilines is 1. The van der Waals surface area contributed by atoms with Crippen LogP contribution in [0.25, 0.3) is 0 Å². The van der Waals surface area contributed by atoms with E-state index in [2.05, 4.69) is 28.1 Å². The van der Waals surface area contributed by atoms with E-state index < -0.39 is 29.1 Å². The molecule has 3 aliphatic rings. The minimum Gasteiger partial charge on any atom is -0.381 e. The van der Waals surface area contributed by atoms with E-state index >= 15 is 0 Å². The largest absolute Gasteiger partial charge is 0.416 e. The summed E-state index contributed by atoms with van der Waals surface area (Å²) in [5.41, 5.74) is -0.437. The van der Waals surface area contributed by atoms with Crippen molar-refractivity contribution < 1.29 is 32.3 Å². The number of hydrogen-bond donors (Lipinski definition) is 3. The minimum atomic E-state index is -4.50. The summed E-state index contributed by atoms with van der Waals surface area (Å²) >= 11 is 0. The molecule has 0 saturated carbocycles. The number of likely N-dealkylation sites (tertiary alicyclic amines) is 1. The zero-order valence-electron chi connectivity index (χ0n) is 24.6. The van der Waals surface area contributed by atoms with Gasteiger partial charge in [0.2, 0.25) is 17.7 Å². The molecule has 3 N–H and O–H groups in total. The minimum absolute atomic E-state index is 0.00319. The quantitative estimate of drug-likeness (QED) is 0.437. The molecule has 0 unspecified atom stereocenters. The fourth-order valence-electron chi connectivity index (χ4n) is 6.38. The number of benzene rings is 2. The number of allylic oxidation sites excluding steroid dienone is 2. The lowest BCUT2D eigenvalue weighted by Gasteiger charge is -2.40. The highest BCUT2D eigenvalue weighted by Gasteiger charge is 2.41. The first-order chi connectivity index (χ1) is 21.1. The zero-order valence-corrected chi connectivity index (χ0v) is 24.6. The Morgan fingerprint density at radius 3 is 2.55 bits per heavy atom. The second-order valence-corrected chi connectivity index (χ2v) is 12.0. The lowest BCUT2D eigenvalue weighted by atomic mass is 9.75. The number of alkyl halides is 3. The molecule has 2 aromatic rings. The molecule has 2 aromatic carbocycles. The van der Waals surface area contributed by atoms with E-state index in [1.54, 1.807) is 0 Å². The second kappa shape index (κ2) is 13.9. The molecule has 8 nitrogen and oxygen atoms in total. The molecule has 5 rings (SSSR count). The Morgan fingerprint density at radius 1 is 1.02 bits per heavy atom. The first kappa shape index (κ1) is 31.7. The fourth-order valence-corrected chi connectivity index (χ4v) is 6.38. The van der Waals surface area contributed by atoms with Gasteiger partial charge in [-0.1, -0.05) is 48.6 Å². The SMILES string of the molecule is O=C(CN1CC[C@@H]2NC(=O)[C@H](Cc3ccccc3)NC(=O)C3(C/C=C/C[C@H]2C1)CCOCC3)Nc1cccc(C(F)(F)F)c1. The van der Waals surface area contributed by atoms with Gasteiger partial charge in [0.25, 0.3) is 0 Å². The number of carbonyl (C=O) groups is 3. The fraction of sp³-hybridized carbons (Fsp3) is 0.485. The predicted molar refractivity (Wildman–Crippen MR) is 159 cm³/mol. The second-order valence-electron chi connectivity index (χ2n) is 12.0. The topological polar surface area (TPSA) is 99.8 Å². The predicted octanol–water partition coefficient (Wildman–Crippen LogP) is 4.32. The van der Waals surface area contributed by atoms with Gasteiger partial charge in [0.05, 0.1) is 17.5 Å². The van der Waals surface area contributed by atoms with Crippen molar-refractivity contribution in [3.8, 4) is 0 Å².